The van der Waals surface area contributed by atoms with Crippen molar-refractivity contribution in [2.75, 3.05) is 6.16 Å². The first kappa shape index (κ1) is 11.4. The number of hydrogen-bond acceptors (Lipinski definition) is 2. The molecule has 1 aromatic rings. The Morgan fingerprint density at radius 1 is 1.14 bits per heavy atom. The lowest BCUT2D eigenvalue weighted by molar-refractivity contribution is 0.482. The molecule has 0 bridgehead atoms. The Kier molecular flexibility index (Phi) is 4.30. The van der Waals surface area contributed by atoms with Crippen LogP contribution < -0.4 is 0 Å². The molecule has 0 amide bonds. The van der Waals surface area contributed by atoms with Crippen LogP contribution in [-0.4, -0.2) is 15.9 Å². The Bertz CT molecular complexity index is 338. The van der Waals surface area contributed by atoms with E-state index in [1.807, 2.05) is 0 Å². The van der Waals surface area contributed by atoms with Crippen LogP contribution in [0.2, 0.25) is 0 Å². The predicted molar refractivity (Wildman–Crippen MR) is 53.7 cm³/mol. The molecule has 0 aliphatic carbocycles. The summed E-state index contributed by atoms with van der Waals surface area (Å²) in [5.41, 5.74) is -0.131. The van der Waals surface area contributed by atoms with E-state index in [1.165, 1.54) is 0 Å². The molecule has 0 saturated heterocycles. The van der Waals surface area contributed by atoms with E-state index in [1.54, 1.807) is 30.3 Å². The van der Waals surface area contributed by atoms with Crippen molar-refractivity contribution in [2.24, 2.45) is 0 Å². The molecule has 74 valence electrons. The summed E-state index contributed by atoms with van der Waals surface area (Å²) < 4.78 is 21.5. The van der Waals surface area contributed by atoms with Gasteiger partial charge in [0.2, 0.25) is 6.16 Å². The molecule has 3 unspecified atom stereocenters. The molecule has 2 N–H and O–H groups in total. The zero-order valence-corrected chi connectivity index (χ0v) is 9.07. The first-order valence-electron chi connectivity index (χ1n) is 3.95. The number of rotatable bonds is 4. The highest BCUT2D eigenvalue weighted by Gasteiger charge is 2.38. The van der Waals surface area contributed by atoms with Crippen LogP contribution in [-0.2, 0) is 9.13 Å². The SMILES string of the molecule is O=[P+](O)CC(c1ccccc1)[P+](=O)O. The van der Waals surface area contributed by atoms with Gasteiger partial charge < -0.3 is 0 Å². The van der Waals surface area contributed by atoms with E-state index in [0.29, 0.717) is 5.56 Å². The largest absolute Gasteiger partial charge is 0.518 e. The Balaban J connectivity index is 2.89. The Morgan fingerprint density at radius 3 is 2.14 bits per heavy atom. The van der Waals surface area contributed by atoms with Crippen molar-refractivity contribution in [3.05, 3.63) is 35.9 Å². The molecular formula is C8H10O4P2+2. The second kappa shape index (κ2) is 5.28. The van der Waals surface area contributed by atoms with Gasteiger partial charge in [-0.25, -0.2) is 0 Å². The Morgan fingerprint density at radius 2 is 1.71 bits per heavy atom. The second-order valence-corrected chi connectivity index (χ2v) is 5.06. The molecule has 0 heterocycles. The van der Waals surface area contributed by atoms with Crippen molar-refractivity contribution in [3.8, 4) is 0 Å². The van der Waals surface area contributed by atoms with E-state index in [2.05, 4.69) is 0 Å². The lowest BCUT2D eigenvalue weighted by Crippen LogP contribution is -1.96. The monoisotopic (exact) mass is 232 g/mol. The van der Waals surface area contributed by atoms with Gasteiger partial charge in [-0.15, -0.1) is 0 Å². The molecular weight excluding hydrogens is 222 g/mol. The molecule has 0 aromatic heterocycles. The summed E-state index contributed by atoms with van der Waals surface area (Å²) in [6.45, 7) is 0. The maximum Gasteiger partial charge on any atom is 0.518 e. The first-order valence-corrected chi connectivity index (χ1v) is 6.63. The molecule has 0 spiro atoms. The van der Waals surface area contributed by atoms with Crippen LogP contribution in [0.25, 0.3) is 0 Å². The summed E-state index contributed by atoms with van der Waals surface area (Å²) >= 11 is 0. The lowest BCUT2D eigenvalue weighted by atomic mass is 10.2. The first-order chi connectivity index (χ1) is 6.61. The van der Waals surface area contributed by atoms with Gasteiger partial charge in [-0.3, -0.25) is 0 Å². The van der Waals surface area contributed by atoms with Crippen LogP contribution in [0, 0.1) is 0 Å². The fourth-order valence-corrected chi connectivity index (χ4v) is 3.04. The average Bonchev–Trinajstić information content (AvgIpc) is 2.15. The molecule has 0 radical (unpaired) electrons. The Labute approximate surface area is 83.3 Å². The Hall–Kier alpha value is -0.660. The van der Waals surface area contributed by atoms with Crippen molar-refractivity contribution >= 4 is 16.1 Å². The van der Waals surface area contributed by atoms with Crippen LogP contribution >= 0.6 is 16.1 Å². The lowest BCUT2D eigenvalue weighted by Gasteiger charge is -1.97. The van der Waals surface area contributed by atoms with Crippen molar-refractivity contribution in [1.29, 1.82) is 0 Å². The highest BCUT2D eigenvalue weighted by Crippen LogP contribution is 2.42. The van der Waals surface area contributed by atoms with Gasteiger partial charge in [0, 0.05) is 5.56 Å². The quantitative estimate of drug-likeness (QED) is 0.780. The summed E-state index contributed by atoms with van der Waals surface area (Å²) in [7, 11) is -4.86. The minimum atomic E-state index is -2.47. The molecule has 6 heteroatoms. The molecule has 0 saturated carbocycles. The van der Waals surface area contributed by atoms with E-state index in [9.17, 15) is 9.13 Å². The topological polar surface area (TPSA) is 74.6 Å². The van der Waals surface area contributed by atoms with E-state index in [-0.39, 0.29) is 6.16 Å². The fourth-order valence-electron chi connectivity index (χ4n) is 1.13. The maximum absolute atomic E-state index is 10.9. The average molecular weight is 232 g/mol. The van der Waals surface area contributed by atoms with Gasteiger partial charge in [0.15, 0.2) is 0 Å². The summed E-state index contributed by atoms with van der Waals surface area (Å²) in [6.07, 6.45) is -0.176. The zero-order valence-electron chi connectivity index (χ0n) is 7.28. The van der Waals surface area contributed by atoms with Gasteiger partial charge in [-0.2, -0.15) is 9.79 Å². The summed E-state index contributed by atoms with van der Waals surface area (Å²) in [5, 5.41) is 0. The standard InChI is InChI=1S/C8H8O4P2/c9-13(10)6-8(14(11)12)7-4-2-1-3-5-7/h1-5,8H,6H2/p+2. The molecule has 0 aliphatic heterocycles. The van der Waals surface area contributed by atoms with Crippen LogP contribution in [0.5, 0.6) is 0 Å². The van der Waals surface area contributed by atoms with Gasteiger partial charge in [-0.05, 0) is 9.13 Å². The van der Waals surface area contributed by atoms with Crippen molar-refractivity contribution in [2.45, 2.75) is 5.66 Å². The molecule has 0 fully saturated rings. The minimum Gasteiger partial charge on any atom is -0.161 e. The number of benzene rings is 1. The molecule has 3 atom stereocenters. The third-order valence-electron chi connectivity index (χ3n) is 1.78. The van der Waals surface area contributed by atoms with E-state index >= 15 is 0 Å². The van der Waals surface area contributed by atoms with Gasteiger partial charge in [0.05, 0.1) is 0 Å². The van der Waals surface area contributed by atoms with Gasteiger partial charge in [0.1, 0.15) is 0 Å². The van der Waals surface area contributed by atoms with Crippen LogP contribution in [0.4, 0.5) is 0 Å². The maximum atomic E-state index is 10.9. The van der Waals surface area contributed by atoms with Gasteiger partial charge in [0.25, 0.3) is 5.66 Å². The zero-order chi connectivity index (χ0) is 10.6. The highest BCUT2D eigenvalue weighted by molar-refractivity contribution is 7.43. The molecule has 1 aromatic carbocycles. The van der Waals surface area contributed by atoms with Crippen molar-refractivity contribution in [3.63, 3.8) is 0 Å². The van der Waals surface area contributed by atoms with E-state index in [0.717, 1.165) is 0 Å². The van der Waals surface area contributed by atoms with E-state index < -0.39 is 21.7 Å². The molecule has 0 aliphatic rings. The smallest absolute Gasteiger partial charge is 0.161 e. The van der Waals surface area contributed by atoms with Crippen molar-refractivity contribution < 1.29 is 18.9 Å². The fraction of sp³-hybridized carbons (Fsp3) is 0.250. The highest BCUT2D eigenvalue weighted by atomic mass is 31.1. The van der Waals surface area contributed by atoms with Crippen LogP contribution in [0.1, 0.15) is 11.2 Å². The van der Waals surface area contributed by atoms with Crippen LogP contribution in [0.15, 0.2) is 30.3 Å². The minimum absolute atomic E-state index is 0.176. The second-order valence-electron chi connectivity index (χ2n) is 2.76. The van der Waals surface area contributed by atoms with Gasteiger partial charge in [-0.1, -0.05) is 30.3 Å². The molecule has 14 heavy (non-hydrogen) atoms. The van der Waals surface area contributed by atoms with Gasteiger partial charge >= 0.3 is 16.1 Å². The van der Waals surface area contributed by atoms with Crippen molar-refractivity contribution in [1.82, 2.24) is 0 Å². The van der Waals surface area contributed by atoms with Crippen LogP contribution in [0.3, 0.4) is 0 Å². The molecule has 1 rings (SSSR count). The summed E-state index contributed by atoms with van der Waals surface area (Å²) in [6, 6.07) is 8.58. The third kappa shape index (κ3) is 3.24. The summed E-state index contributed by atoms with van der Waals surface area (Å²) in [5.74, 6) is 0. The molecule has 4 nitrogen and oxygen atoms in total. The number of hydrogen-bond donors (Lipinski definition) is 2. The van der Waals surface area contributed by atoms with E-state index in [4.69, 9.17) is 9.79 Å². The third-order valence-corrected chi connectivity index (χ3v) is 3.76. The predicted octanol–water partition coefficient (Wildman–Crippen LogP) is 2.20. The summed E-state index contributed by atoms with van der Waals surface area (Å²) in [4.78, 5) is 17.7. The normalized spacial score (nSPS) is 14.7.